The molecule has 1 atom stereocenters. The van der Waals surface area contributed by atoms with Crippen molar-refractivity contribution >= 4 is 10.0 Å². The topological polar surface area (TPSA) is 62.3 Å². The van der Waals surface area contributed by atoms with Crippen LogP contribution in [-0.2, 0) is 10.0 Å². The maximum atomic E-state index is 12.4. The number of unbranched alkanes of at least 4 members (excludes halogenated alkanes) is 1. The maximum absolute atomic E-state index is 12.4. The predicted molar refractivity (Wildman–Crippen MR) is 75.2 cm³/mol. The molecule has 1 aromatic heterocycles. The Hall–Kier alpha value is -0.980. The standard InChI is InChI=1S/C13H21N3O2S/c1-2-3-9-19(17,18)16-8-7-15-11-13(16)12-5-4-6-14-10-12/h4-6,10,13,15H,2-3,7-9,11H2,1H3. The Morgan fingerprint density at radius 2 is 2.37 bits per heavy atom. The van der Waals surface area contributed by atoms with Crippen molar-refractivity contribution < 1.29 is 8.42 Å². The molecule has 106 valence electrons. The second-order valence-electron chi connectivity index (χ2n) is 4.79. The van der Waals surface area contributed by atoms with E-state index in [1.807, 2.05) is 19.1 Å². The van der Waals surface area contributed by atoms with Gasteiger partial charge in [0.2, 0.25) is 10.0 Å². The van der Waals surface area contributed by atoms with Crippen LogP contribution in [0.15, 0.2) is 24.5 Å². The largest absolute Gasteiger partial charge is 0.313 e. The van der Waals surface area contributed by atoms with E-state index in [0.717, 1.165) is 12.0 Å². The van der Waals surface area contributed by atoms with Crippen LogP contribution in [0.3, 0.4) is 0 Å². The van der Waals surface area contributed by atoms with E-state index >= 15 is 0 Å². The molecule has 5 nitrogen and oxygen atoms in total. The van der Waals surface area contributed by atoms with Gasteiger partial charge < -0.3 is 5.32 Å². The minimum Gasteiger partial charge on any atom is -0.313 e. The molecule has 2 heterocycles. The van der Waals surface area contributed by atoms with E-state index in [1.165, 1.54) is 0 Å². The number of nitrogens with zero attached hydrogens (tertiary/aromatic N) is 2. The summed E-state index contributed by atoms with van der Waals surface area (Å²) in [5, 5.41) is 3.26. The van der Waals surface area contributed by atoms with Crippen LogP contribution in [0, 0.1) is 0 Å². The summed E-state index contributed by atoms with van der Waals surface area (Å²) < 4.78 is 26.4. The summed E-state index contributed by atoms with van der Waals surface area (Å²) in [6.45, 7) is 3.90. The number of rotatable bonds is 5. The highest BCUT2D eigenvalue weighted by atomic mass is 32.2. The van der Waals surface area contributed by atoms with Crippen LogP contribution in [-0.4, -0.2) is 43.1 Å². The van der Waals surface area contributed by atoms with Gasteiger partial charge in [-0.1, -0.05) is 19.4 Å². The van der Waals surface area contributed by atoms with E-state index in [1.54, 1.807) is 16.7 Å². The zero-order valence-electron chi connectivity index (χ0n) is 11.2. The van der Waals surface area contributed by atoms with Gasteiger partial charge in [-0.25, -0.2) is 8.42 Å². The molecule has 2 rings (SSSR count). The SMILES string of the molecule is CCCCS(=O)(=O)N1CCNCC1c1cccnc1. The smallest absolute Gasteiger partial charge is 0.214 e. The summed E-state index contributed by atoms with van der Waals surface area (Å²) >= 11 is 0. The van der Waals surface area contributed by atoms with Gasteiger partial charge in [-0.3, -0.25) is 4.98 Å². The number of aromatic nitrogens is 1. The third kappa shape index (κ3) is 3.52. The number of nitrogens with one attached hydrogen (secondary N) is 1. The van der Waals surface area contributed by atoms with Gasteiger partial charge in [0.15, 0.2) is 0 Å². The van der Waals surface area contributed by atoms with Crippen molar-refractivity contribution in [2.24, 2.45) is 0 Å². The van der Waals surface area contributed by atoms with Gasteiger partial charge in [-0.05, 0) is 18.1 Å². The van der Waals surface area contributed by atoms with Crippen molar-refractivity contribution in [2.45, 2.75) is 25.8 Å². The Bertz CT molecular complexity index is 490. The predicted octanol–water partition coefficient (Wildman–Crippen LogP) is 1.16. The van der Waals surface area contributed by atoms with Crippen molar-refractivity contribution in [1.82, 2.24) is 14.6 Å². The molecule has 0 aliphatic carbocycles. The second kappa shape index (κ2) is 6.45. The summed E-state index contributed by atoms with van der Waals surface area (Å²) in [6, 6.07) is 3.65. The van der Waals surface area contributed by atoms with Crippen molar-refractivity contribution in [3.63, 3.8) is 0 Å². The Kier molecular flexibility index (Phi) is 4.90. The van der Waals surface area contributed by atoms with Gasteiger partial charge in [0.05, 0.1) is 11.8 Å². The first-order valence-corrected chi connectivity index (χ1v) is 8.36. The van der Waals surface area contributed by atoms with Crippen molar-refractivity contribution in [1.29, 1.82) is 0 Å². The molecule has 0 radical (unpaired) electrons. The summed E-state index contributed by atoms with van der Waals surface area (Å²) in [4.78, 5) is 4.09. The van der Waals surface area contributed by atoms with E-state index in [2.05, 4.69) is 10.3 Å². The average Bonchev–Trinajstić information content (AvgIpc) is 2.46. The number of hydrogen-bond acceptors (Lipinski definition) is 4. The molecule has 1 aliphatic heterocycles. The summed E-state index contributed by atoms with van der Waals surface area (Å²) in [7, 11) is -3.18. The number of sulfonamides is 1. The highest BCUT2D eigenvalue weighted by molar-refractivity contribution is 7.89. The van der Waals surface area contributed by atoms with E-state index in [9.17, 15) is 8.42 Å². The Labute approximate surface area is 115 Å². The van der Waals surface area contributed by atoms with Gasteiger partial charge in [-0.2, -0.15) is 4.31 Å². The zero-order valence-corrected chi connectivity index (χ0v) is 12.1. The highest BCUT2D eigenvalue weighted by Gasteiger charge is 2.32. The summed E-state index contributed by atoms with van der Waals surface area (Å²) in [5.41, 5.74) is 0.953. The Morgan fingerprint density at radius 3 is 3.05 bits per heavy atom. The first-order chi connectivity index (χ1) is 9.15. The average molecular weight is 283 g/mol. The van der Waals surface area contributed by atoms with Crippen LogP contribution in [0.1, 0.15) is 31.4 Å². The molecule has 19 heavy (non-hydrogen) atoms. The Morgan fingerprint density at radius 1 is 1.53 bits per heavy atom. The number of piperazine rings is 1. The third-order valence-electron chi connectivity index (χ3n) is 3.38. The maximum Gasteiger partial charge on any atom is 0.214 e. The molecule has 0 spiro atoms. The second-order valence-corrected chi connectivity index (χ2v) is 6.83. The lowest BCUT2D eigenvalue weighted by Crippen LogP contribution is -2.49. The van der Waals surface area contributed by atoms with Crippen LogP contribution in [0.25, 0.3) is 0 Å². The first-order valence-electron chi connectivity index (χ1n) is 6.75. The van der Waals surface area contributed by atoms with Gasteiger partial charge in [0.1, 0.15) is 0 Å². The molecule has 1 aliphatic rings. The molecular weight excluding hydrogens is 262 g/mol. The molecule has 6 heteroatoms. The van der Waals surface area contributed by atoms with Gasteiger partial charge in [-0.15, -0.1) is 0 Å². The van der Waals surface area contributed by atoms with Crippen LogP contribution >= 0.6 is 0 Å². The summed E-state index contributed by atoms with van der Waals surface area (Å²) in [5.74, 6) is 0.236. The van der Waals surface area contributed by atoms with Crippen molar-refractivity contribution in [2.75, 3.05) is 25.4 Å². The van der Waals surface area contributed by atoms with Gasteiger partial charge in [0, 0.05) is 32.0 Å². The normalized spacial score (nSPS) is 21.4. The van der Waals surface area contributed by atoms with Crippen LogP contribution in [0.5, 0.6) is 0 Å². The fourth-order valence-electron chi connectivity index (χ4n) is 2.32. The zero-order chi connectivity index (χ0) is 13.7. The fraction of sp³-hybridized carbons (Fsp3) is 0.615. The van der Waals surface area contributed by atoms with Crippen LogP contribution in [0.2, 0.25) is 0 Å². The number of hydrogen-bond donors (Lipinski definition) is 1. The van der Waals surface area contributed by atoms with E-state index < -0.39 is 10.0 Å². The molecule has 1 fully saturated rings. The fourth-order valence-corrected chi connectivity index (χ4v) is 4.16. The summed E-state index contributed by atoms with van der Waals surface area (Å²) in [6.07, 6.45) is 5.06. The van der Waals surface area contributed by atoms with Crippen LogP contribution in [0.4, 0.5) is 0 Å². The molecular formula is C13H21N3O2S. The molecule has 0 bridgehead atoms. The van der Waals surface area contributed by atoms with E-state index in [0.29, 0.717) is 26.1 Å². The molecule has 1 saturated heterocycles. The first kappa shape index (κ1) is 14.4. The van der Waals surface area contributed by atoms with Crippen molar-refractivity contribution in [3.05, 3.63) is 30.1 Å². The molecule has 1 unspecified atom stereocenters. The minimum absolute atomic E-state index is 0.135. The highest BCUT2D eigenvalue weighted by Crippen LogP contribution is 2.25. The molecule has 0 saturated carbocycles. The number of pyridine rings is 1. The van der Waals surface area contributed by atoms with E-state index in [4.69, 9.17) is 0 Å². The lowest BCUT2D eigenvalue weighted by molar-refractivity contribution is 0.271. The molecule has 1 N–H and O–H groups in total. The van der Waals surface area contributed by atoms with Gasteiger partial charge in [0.25, 0.3) is 0 Å². The molecule has 1 aromatic rings. The third-order valence-corrected chi connectivity index (χ3v) is 5.33. The van der Waals surface area contributed by atoms with Crippen LogP contribution < -0.4 is 5.32 Å². The lowest BCUT2D eigenvalue weighted by atomic mass is 10.1. The monoisotopic (exact) mass is 283 g/mol. The van der Waals surface area contributed by atoms with Crippen molar-refractivity contribution in [3.8, 4) is 0 Å². The molecule has 0 amide bonds. The van der Waals surface area contributed by atoms with E-state index in [-0.39, 0.29) is 11.8 Å². The minimum atomic E-state index is -3.18. The molecule has 0 aromatic carbocycles. The quantitative estimate of drug-likeness (QED) is 0.881. The Balaban J connectivity index is 2.21. The van der Waals surface area contributed by atoms with Gasteiger partial charge >= 0.3 is 0 Å². The lowest BCUT2D eigenvalue weighted by Gasteiger charge is -2.35.